The lowest BCUT2D eigenvalue weighted by Gasteiger charge is -2.35. The molecule has 0 spiro atoms. The van der Waals surface area contributed by atoms with Crippen LogP contribution in [-0.2, 0) is 11.3 Å². The van der Waals surface area contributed by atoms with E-state index in [-0.39, 0.29) is 13.0 Å². The third-order valence-electron chi connectivity index (χ3n) is 4.85. The van der Waals surface area contributed by atoms with Gasteiger partial charge in [0.15, 0.2) is 0 Å². The number of aliphatic hydroxyl groups is 3. The van der Waals surface area contributed by atoms with Crippen LogP contribution in [0.15, 0.2) is 59.0 Å². The first-order chi connectivity index (χ1) is 13.2. The fourth-order valence-electron chi connectivity index (χ4n) is 3.38. The Balaban J connectivity index is 1.57. The number of para-hydroxylation sites is 2. The van der Waals surface area contributed by atoms with Gasteiger partial charge < -0.3 is 29.2 Å². The van der Waals surface area contributed by atoms with E-state index in [1.807, 2.05) is 54.6 Å². The number of hydrogen-bond acceptors (Lipinski definition) is 6. The van der Waals surface area contributed by atoms with Crippen molar-refractivity contribution in [3.63, 3.8) is 0 Å². The van der Waals surface area contributed by atoms with Gasteiger partial charge in [-0.15, -0.1) is 0 Å². The minimum atomic E-state index is -1.11. The maximum Gasteiger partial charge on any atom is 0.141 e. The van der Waals surface area contributed by atoms with Crippen LogP contribution in [0.4, 0.5) is 0 Å². The Labute approximate surface area is 156 Å². The Morgan fingerprint density at radius 2 is 1.85 bits per heavy atom. The van der Waals surface area contributed by atoms with Crippen molar-refractivity contribution in [1.82, 2.24) is 0 Å². The molecule has 0 radical (unpaired) electrons. The summed E-state index contributed by atoms with van der Waals surface area (Å²) in [5.41, 5.74) is 1.60. The molecule has 3 unspecified atom stereocenters. The lowest BCUT2D eigenvalue weighted by Crippen LogP contribution is -2.47. The zero-order chi connectivity index (χ0) is 18.8. The van der Waals surface area contributed by atoms with Crippen molar-refractivity contribution in [3.05, 3.63) is 65.9 Å². The van der Waals surface area contributed by atoms with Gasteiger partial charge in [-0.3, -0.25) is 0 Å². The van der Waals surface area contributed by atoms with E-state index in [1.54, 1.807) is 0 Å². The SMILES string of the molecule is OCC1OC(c2cc3cccc(COc4ccccc4)c3o2)CC(O)[C@@H]1O. The molecule has 0 amide bonds. The zero-order valence-corrected chi connectivity index (χ0v) is 14.7. The highest BCUT2D eigenvalue weighted by Gasteiger charge is 2.38. The lowest BCUT2D eigenvalue weighted by molar-refractivity contribution is -0.185. The molecule has 1 saturated heterocycles. The van der Waals surface area contributed by atoms with Gasteiger partial charge in [-0.1, -0.05) is 36.4 Å². The summed E-state index contributed by atoms with van der Waals surface area (Å²) in [5, 5.41) is 30.2. The maximum atomic E-state index is 10.0. The molecule has 6 nitrogen and oxygen atoms in total. The highest BCUT2D eigenvalue weighted by atomic mass is 16.5. The molecule has 1 aromatic heterocycles. The second-order valence-electron chi connectivity index (χ2n) is 6.73. The topological polar surface area (TPSA) is 92.3 Å². The monoisotopic (exact) mass is 370 g/mol. The van der Waals surface area contributed by atoms with Gasteiger partial charge in [0.05, 0.1) is 12.7 Å². The molecule has 1 aliphatic heterocycles. The molecule has 1 aliphatic rings. The molecule has 4 atom stereocenters. The van der Waals surface area contributed by atoms with Gasteiger partial charge in [-0.25, -0.2) is 0 Å². The van der Waals surface area contributed by atoms with Crippen LogP contribution in [0.2, 0.25) is 0 Å². The summed E-state index contributed by atoms with van der Waals surface area (Å²) in [5.74, 6) is 1.33. The number of aliphatic hydroxyl groups excluding tert-OH is 3. The van der Waals surface area contributed by atoms with Crippen LogP contribution < -0.4 is 4.74 Å². The number of ether oxygens (including phenoxy) is 2. The highest BCUT2D eigenvalue weighted by Crippen LogP contribution is 2.35. The molecule has 0 bridgehead atoms. The fraction of sp³-hybridized carbons (Fsp3) is 0.333. The van der Waals surface area contributed by atoms with E-state index in [2.05, 4.69) is 0 Å². The first-order valence-corrected chi connectivity index (χ1v) is 8.97. The summed E-state index contributed by atoms with van der Waals surface area (Å²) in [7, 11) is 0. The summed E-state index contributed by atoms with van der Waals surface area (Å²) < 4.78 is 17.6. The first-order valence-electron chi connectivity index (χ1n) is 8.97. The molecule has 6 heteroatoms. The molecule has 4 rings (SSSR count). The molecule has 1 fully saturated rings. The molecule has 27 heavy (non-hydrogen) atoms. The minimum Gasteiger partial charge on any atom is -0.489 e. The molecule has 142 valence electrons. The van der Waals surface area contributed by atoms with Crippen molar-refractivity contribution in [2.45, 2.75) is 37.4 Å². The molecule has 0 aliphatic carbocycles. The second-order valence-corrected chi connectivity index (χ2v) is 6.73. The summed E-state index contributed by atoms with van der Waals surface area (Å²) >= 11 is 0. The maximum absolute atomic E-state index is 10.0. The average Bonchev–Trinajstić information content (AvgIpc) is 3.14. The van der Waals surface area contributed by atoms with E-state index in [0.29, 0.717) is 18.0 Å². The van der Waals surface area contributed by atoms with Gasteiger partial charge in [0.2, 0.25) is 0 Å². The van der Waals surface area contributed by atoms with Crippen molar-refractivity contribution in [2.75, 3.05) is 6.61 Å². The largest absolute Gasteiger partial charge is 0.489 e. The molecule has 2 heterocycles. The van der Waals surface area contributed by atoms with Gasteiger partial charge in [0, 0.05) is 17.4 Å². The molecule has 2 aromatic carbocycles. The highest BCUT2D eigenvalue weighted by molar-refractivity contribution is 5.81. The van der Waals surface area contributed by atoms with Crippen molar-refractivity contribution >= 4 is 11.0 Å². The molecule has 3 aromatic rings. The molecular weight excluding hydrogens is 348 g/mol. The second kappa shape index (κ2) is 7.70. The quantitative estimate of drug-likeness (QED) is 0.639. The number of benzene rings is 2. The van der Waals surface area contributed by atoms with Gasteiger partial charge in [0.1, 0.15) is 42.0 Å². The third kappa shape index (κ3) is 3.70. The normalized spacial score (nSPS) is 25.6. The van der Waals surface area contributed by atoms with Crippen LogP contribution in [0.5, 0.6) is 5.75 Å². The van der Waals surface area contributed by atoms with Gasteiger partial charge in [-0.2, -0.15) is 0 Å². The standard InChI is InChI=1S/C21H22O6/c22-11-19-20(24)16(23)10-18(26-19)17-9-13-5-4-6-14(21(13)27-17)12-25-15-7-2-1-3-8-15/h1-9,16,18-20,22-24H,10-12H2/t16?,18?,19?,20-/m0/s1. The van der Waals surface area contributed by atoms with E-state index in [4.69, 9.17) is 13.9 Å². The Morgan fingerprint density at radius 3 is 2.63 bits per heavy atom. The smallest absolute Gasteiger partial charge is 0.141 e. The molecule has 3 N–H and O–H groups in total. The zero-order valence-electron chi connectivity index (χ0n) is 14.7. The van der Waals surface area contributed by atoms with Crippen LogP contribution in [-0.4, -0.2) is 40.2 Å². The molecule has 0 saturated carbocycles. The number of fused-ring (bicyclic) bond motifs is 1. The number of furan rings is 1. The van der Waals surface area contributed by atoms with Crippen molar-refractivity contribution in [3.8, 4) is 5.75 Å². The Morgan fingerprint density at radius 1 is 1.04 bits per heavy atom. The number of hydrogen-bond donors (Lipinski definition) is 3. The Bertz CT molecular complexity index is 890. The van der Waals surface area contributed by atoms with Crippen LogP contribution >= 0.6 is 0 Å². The third-order valence-corrected chi connectivity index (χ3v) is 4.85. The van der Waals surface area contributed by atoms with E-state index < -0.39 is 24.4 Å². The Kier molecular flexibility index (Phi) is 5.13. The summed E-state index contributed by atoms with van der Waals surface area (Å²) in [6.07, 6.45) is -3.25. The van der Waals surface area contributed by atoms with Gasteiger partial charge in [0.25, 0.3) is 0 Å². The first kappa shape index (κ1) is 18.0. The van der Waals surface area contributed by atoms with E-state index >= 15 is 0 Å². The van der Waals surface area contributed by atoms with Crippen molar-refractivity contribution in [1.29, 1.82) is 0 Å². The minimum absolute atomic E-state index is 0.202. The summed E-state index contributed by atoms with van der Waals surface area (Å²) in [6.45, 7) is -0.00838. The van der Waals surface area contributed by atoms with E-state index in [9.17, 15) is 15.3 Å². The summed E-state index contributed by atoms with van der Waals surface area (Å²) in [6, 6.07) is 17.2. The van der Waals surface area contributed by atoms with Gasteiger partial charge >= 0.3 is 0 Å². The lowest BCUT2D eigenvalue weighted by atomic mass is 9.97. The van der Waals surface area contributed by atoms with E-state index in [1.165, 1.54) is 0 Å². The number of rotatable bonds is 5. The van der Waals surface area contributed by atoms with Crippen LogP contribution in [0.1, 0.15) is 23.8 Å². The van der Waals surface area contributed by atoms with Crippen LogP contribution in [0.25, 0.3) is 11.0 Å². The Hall–Kier alpha value is -2.38. The predicted octanol–water partition coefficient (Wildman–Crippen LogP) is 2.56. The predicted molar refractivity (Wildman–Crippen MR) is 98.3 cm³/mol. The van der Waals surface area contributed by atoms with Gasteiger partial charge in [-0.05, 0) is 18.2 Å². The fourth-order valence-corrected chi connectivity index (χ4v) is 3.38. The molecular formula is C21H22O6. The van der Waals surface area contributed by atoms with Crippen LogP contribution in [0, 0.1) is 0 Å². The van der Waals surface area contributed by atoms with Crippen LogP contribution in [0.3, 0.4) is 0 Å². The van der Waals surface area contributed by atoms with Crippen molar-refractivity contribution < 1.29 is 29.2 Å². The average molecular weight is 370 g/mol. The van der Waals surface area contributed by atoms with Crippen molar-refractivity contribution in [2.24, 2.45) is 0 Å². The van der Waals surface area contributed by atoms with E-state index in [0.717, 1.165) is 16.7 Å². The summed E-state index contributed by atoms with van der Waals surface area (Å²) in [4.78, 5) is 0.